The lowest BCUT2D eigenvalue weighted by molar-refractivity contribution is 0.584. The highest BCUT2D eigenvalue weighted by molar-refractivity contribution is 7.90. The van der Waals surface area contributed by atoms with Gasteiger partial charge in [-0.25, -0.2) is 16.8 Å². The van der Waals surface area contributed by atoms with Crippen LogP contribution in [0.1, 0.15) is 5.56 Å². The van der Waals surface area contributed by atoms with Gasteiger partial charge in [0.05, 0.1) is 4.90 Å². The van der Waals surface area contributed by atoms with Crippen LogP contribution in [0.4, 0.5) is 4.39 Å². The second-order valence-electron chi connectivity index (χ2n) is 5.72. The molecule has 4 rings (SSSR count). The average Bonchev–Trinajstić information content (AvgIpc) is 3.13. The number of furan rings is 1. The van der Waals surface area contributed by atoms with E-state index in [1.165, 1.54) is 28.4 Å². The molecule has 0 fully saturated rings. The molecule has 26 heavy (non-hydrogen) atoms. The molecule has 0 aliphatic carbocycles. The van der Waals surface area contributed by atoms with Crippen molar-refractivity contribution in [1.29, 1.82) is 0 Å². The molecule has 2 heterocycles. The fraction of sp³-hybridized carbons (Fsp3) is 0.111. The normalized spacial score (nSPS) is 11.8. The first-order valence-corrected chi connectivity index (χ1v) is 9.13. The van der Waals surface area contributed by atoms with E-state index in [9.17, 15) is 12.8 Å². The molecular weight excluding hydrogens is 379 g/mol. The molecule has 0 spiro atoms. The van der Waals surface area contributed by atoms with E-state index in [2.05, 4.69) is 5.32 Å². The number of nitrogens with one attached hydrogen (secondary N) is 1. The lowest BCUT2D eigenvalue weighted by Crippen LogP contribution is -2.12. The molecule has 2 aromatic carbocycles. The van der Waals surface area contributed by atoms with Crippen LogP contribution in [0.3, 0.4) is 0 Å². The minimum Gasteiger partial charge on any atom is -0.454 e. The zero-order valence-electron chi connectivity index (χ0n) is 13.8. The maximum Gasteiger partial charge on any atom is 0.268 e. The minimum absolute atomic E-state index is 0. The smallest absolute Gasteiger partial charge is 0.268 e. The zero-order valence-corrected chi connectivity index (χ0v) is 15.4. The highest BCUT2D eigenvalue weighted by Crippen LogP contribution is 2.34. The number of para-hydroxylation sites is 1. The van der Waals surface area contributed by atoms with E-state index in [-0.39, 0.29) is 17.3 Å². The van der Waals surface area contributed by atoms with Crippen molar-refractivity contribution in [1.82, 2.24) is 9.29 Å². The first-order chi connectivity index (χ1) is 12.0. The molecule has 0 amide bonds. The SMILES string of the molecule is CNCc1cn(S(=O)(=O)c2cccc(F)c2)c2c1oc1ccccc12.Cl. The van der Waals surface area contributed by atoms with Crippen LogP contribution >= 0.6 is 12.4 Å². The lowest BCUT2D eigenvalue weighted by Gasteiger charge is -2.07. The van der Waals surface area contributed by atoms with Gasteiger partial charge in [0.15, 0.2) is 5.58 Å². The highest BCUT2D eigenvalue weighted by Gasteiger charge is 2.25. The van der Waals surface area contributed by atoms with E-state index in [0.717, 1.165) is 6.07 Å². The van der Waals surface area contributed by atoms with Crippen LogP contribution in [0.25, 0.3) is 22.1 Å². The van der Waals surface area contributed by atoms with Crippen LogP contribution in [0.2, 0.25) is 0 Å². The molecule has 4 aromatic rings. The third kappa shape index (κ3) is 2.78. The van der Waals surface area contributed by atoms with Crippen LogP contribution in [-0.2, 0) is 16.6 Å². The maximum absolute atomic E-state index is 13.5. The molecule has 0 saturated carbocycles. The molecule has 0 aliphatic rings. The predicted molar refractivity (Wildman–Crippen MR) is 101 cm³/mol. The summed E-state index contributed by atoms with van der Waals surface area (Å²) in [6.45, 7) is 0.446. The Labute approximate surface area is 155 Å². The highest BCUT2D eigenvalue weighted by atomic mass is 35.5. The molecule has 0 aliphatic heterocycles. The molecule has 1 N–H and O–H groups in total. The molecule has 0 unspecified atom stereocenters. The molecule has 0 bridgehead atoms. The van der Waals surface area contributed by atoms with Gasteiger partial charge in [0, 0.05) is 23.7 Å². The van der Waals surface area contributed by atoms with Crippen LogP contribution in [0, 0.1) is 5.82 Å². The lowest BCUT2D eigenvalue weighted by atomic mass is 10.2. The van der Waals surface area contributed by atoms with Crippen molar-refractivity contribution in [2.24, 2.45) is 0 Å². The van der Waals surface area contributed by atoms with E-state index in [1.54, 1.807) is 13.1 Å². The van der Waals surface area contributed by atoms with Crippen LogP contribution < -0.4 is 5.32 Å². The van der Waals surface area contributed by atoms with Crippen molar-refractivity contribution in [3.8, 4) is 0 Å². The summed E-state index contributed by atoms with van der Waals surface area (Å²) in [7, 11) is -2.19. The standard InChI is InChI=1S/C18H15FN2O3S.ClH/c1-20-10-12-11-21(25(22,23)14-6-4-5-13(19)9-14)17-15-7-2-3-8-16(15)24-18(12)17;/h2-9,11,20H,10H2,1H3;1H. The van der Waals surface area contributed by atoms with Gasteiger partial charge in [0.1, 0.15) is 16.9 Å². The van der Waals surface area contributed by atoms with E-state index in [1.807, 2.05) is 18.2 Å². The summed E-state index contributed by atoms with van der Waals surface area (Å²) in [5, 5.41) is 3.70. The number of aromatic nitrogens is 1. The number of hydrogen-bond donors (Lipinski definition) is 1. The Hall–Kier alpha value is -2.35. The number of nitrogens with zero attached hydrogens (tertiary/aromatic N) is 1. The molecule has 0 saturated heterocycles. The fourth-order valence-electron chi connectivity index (χ4n) is 2.98. The summed E-state index contributed by atoms with van der Waals surface area (Å²) in [4.78, 5) is -0.106. The molecule has 2 aromatic heterocycles. The summed E-state index contributed by atoms with van der Waals surface area (Å²) >= 11 is 0. The van der Waals surface area contributed by atoms with Crippen molar-refractivity contribution in [3.05, 3.63) is 66.1 Å². The molecule has 8 heteroatoms. The van der Waals surface area contributed by atoms with Crippen LogP contribution in [-0.4, -0.2) is 19.4 Å². The number of halogens is 2. The third-order valence-electron chi connectivity index (χ3n) is 4.07. The van der Waals surface area contributed by atoms with Crippen molar-refractivity contribution in [2.75, 3.05) is 7.05 Å². The van der Waals surface area contributed by atoms with Gasteiger partial charge in [0.2, 0.25) is 0 Å². The Morgan fingerprint density at radius 1 is 1.15 bits per heavy atom. The van der Waals surface area contributed by atoms with Crippen LogP contribution in [0.15, 0.2) is 64.0 Å². The largest absolute Gasteiger partial charge is 0.454 e. The second-order valence-corrected chi connectivity index (χ2v) is 7.53. The van der Waals surface area contributed by atoms with E-state index in [4.69, 9.17) is 4.42 Å². The average molecular weight is 395 g/mol. The van der Waals surface area contributed by atoms with Crippen molar-refractivity contribution in [3.63, 3.8) is 0 Å². The molecule has 136 valence electrons. The summed E-state index contributed by atoms with van der Waals surface area (Å²) in [5.41, 5.74) is 2.29. The summed E-state index contributed by atoms with van der Waals surface area (Å²) in [5.74, 6) is -0.600. The van der Waals surface area contributed by atoms with Crippen LogP contribution in [0.5, 0.6) is 0 Å². The topological polar surface area (TPSA) is 64.2 Å². The number of benzene rings is 2. The number of hydrogen-bond acceptors (Lipinski definition) is 4. The van der Waals surface area contributed by atoms with E-state index >= 15 is 0 Å². The van der Waals surface area contributed by atoms with Crippen molar-refractivity contribution in [2.45, 2.75) is 11.4 Å². The van der Waals surface area contributed by atoms with Crippen molar-refractivity contribution < 1.29 is 17.2 Å². The monoisotopic (exact) mass is 394 g/mol. The third-order valence-corrected chi connectivity index (χ3v) is 5.73. The fourth-order valence-corrected chi connectivity index (χ4v) is 4.41. The first kappa shape index (κ1) is 18.4. The Bertz CT molecular complexity index is 1200. The molecule has 0 atom stereocenters. The second kappa shape index (κ2) is 6.75. The number of fused-ring (bicyclic) bond motifs is 3. The summed E-state index contributed by atoms with van der Waals surface area (Å²) < 4.78 is 46.8. The molecule has 5 nitrogen and oxygen atoms in total. The first-order valence-electron chi connectivity index (χ1n) is 7.69. The van der Waals surface area contributed by atoms with Gasteiger partial charge in [-0.2, -0.15) is 0 Å². The Kier molecular flexibility index (Phi) is 4.79. The predicted octanol–water partition coefficient (Wildman–Crippen LogP) is 3.90. The van der Waals surface area contributed by atoms with Gasteiger partial charge in [-0.3, -0.25) is 0 Å². The van der Waals surface area contributed by atoms with E-state index < -0.39 is 15.8 Å². The Morgan fingerprint density at radius 2 is 1.92 bits per heavy atom. The van der Waals surface area contributed by atoms with Gasteiger partial charge in [-0.05, 0) is 37.4 Å². The summed E-state index contributed by atoms with van der Waals surface area (Å²) in [6, 6.07) is 12.2. The quantitative estimate of drug-likeness (QED) is 0.570. The maximum atomic E-state index is 13.5. The van der Waals surface area contributed by atoms with Gasteiger partial charge in [0.25, 0.3) is 10.0 Å². The molecule has 0 radical (unpaired) electrons. The van der Waals surface area contributed by atoms with Gasteiger partial charge < -0.3 is 9.73 Å². The van der Waals surface area contributed by atoms with Gasteiger partial charge in [-0.1, -0.05) is 18.2 Å². The number of rotatable bonds is 4. The van der Waals surface area contributed by atoms with Gasteiger partial charge >= 0.3 is 0 Å². The summed E-state index contributed by atoms with van der Waals surface area (Å²) in [6.07, 6.45) is 1.53. The molecular formula is C18H16ClFN2O3S. The van der Waals surface area contributed by atoms with E-state index in [0.29, 0.717) is 34.2 Å². The Morgan fingerprint density at radius 3 is 2.65 bits per heavy atom. The Balaban J connectivity index is 0.00000196. The minimum atomic E-state index is -3.96. The van der Waals surface area contributed by atoms with Gasteiger partial charge in [-0.15, -0.1) is 12.4 Å². The zero-order chi connectivity index (χ0) is 17.6. The van der Waals surface area contributed by atoms with Crippen molar-refractivity contribution >= 4 is 44.5 Å².